The molecule has 2 fully saturated rings. The first-order valence-corrected chi connectivity index (χ1v) is 14.8. The van der Waals surface area contributed by atoms with Crippen molar-refractivity contribution in [3.8, 4) is 17.2 Å². The van der Waals surface area contributed by atoms with E-state index < -0.39 is 11.5 Å². The fourth-order valence-corrected chi connectivity index (χ4v) is 6.13. The van der Waals surface area contributed by atoms with Gasteiger partial charge in [-0.2, -0.15) is 0 Å². The Kier molecular flexibility index (Phi) is 10.9. The number of β-amino-alcohol motifs (C(OH)–C–C–N with tert-alkyl or cyclic N) is 1. The van der Waals surface area contributed by atoms with Crippen LogP contribution in [0.15, 0.2) is 42.5 Å². The molecule has 2 aromatic carbocycles. The Morgan fingerprint density at radius 1 is 0.927 bits per heavy atom. The van der Waals surface area contributed by atoms with E-state index in [-0.39, 0.29) is 5.91 Å². The lowest BCUT2D eigenvalue weighted by Crippen LogP contribution is -2.46. The number of fused-ring (bicyclic) bond motifs is 1. The lowest BCUT2D eigenvalue weighted by Gasteiger charge is -2.39. The Balaban J connectivity index is 1.51. The molecule has 0 radical (unpaired) electrons. The molecule has 2 aliphatic rings. The molecule has 0 bridgehead atoms. The number of piperidine rings is 1. The fraction of sp³-hybridized carbons (Fsp3) is 0.606. The lowest BCUT2D eigenvalue weighted by molar-refractivity contribution is -0.137. The van der Waals surface area contributed by atoms with Gasteiger partial charge in [-0.15, -0.1) is 0 Å². The second-order valence-electron chi connectivity index (χ2n) is 12.2. The van der Waals surface area contributed by atoms with Crippen molar-refractivity contribution in [1.29, 1.82) is 0 Å². The summed E-state index contributed by atoms with van der Waals surface area (Å²) in [5.74, 6) is 2.71. The Hall–Kier alpha value is -2.81. The third kappa shape index (κ3) is 8.15. The lowest BCUT2D eigenvalue weighted by atomic mass is 9.80. The first-order valence-electron chi connectivity index (χ1n) is 14.8. The van der Waals surface area contributed by atoms with Gasteiger partial charge < -0.3 is 29.0 Å². The van der Waals surface area contributed by atoms with Gasteiger partial charge >= 0.3 is 0 Å². The number of carbonyl (C=O) groups excluding carboxylic acids is 1. The van der Waals surface area contributed by atoms with Gasteiger partial charge in [0.05, 0.1) is 34.0 Å². The summed E-state index contributed by atoms with van der Waals surface area (Å²) < 4.78 is 22.7. The Bertz CT molecular complexity index is 1100. The van der Waals surface area contributed by atoms with Gasteiger partial charge in [-0.05, 0) is 60.9 Å². The number of amides is 1. The maximum atomic E-state index is 13.8. The van der Waals surface area contributed by atoms with Crippen molar-refractivity contribution in [1.82, 2.24) is 9.80 Å². The van der Waals surface area contributed by atoms with E-state index in [0.29, 0.717) is 61.8 Å². The van der Waals surface area contributed by atoms with Crippen LogP contribution < -0.4 is 14.2 Å². The van der Waals surface area contributed by atoms with Gasteiger partial charge in [0.2, 0.25) is 11.7 Å². The summed E-state index contributed by atoms with van der Waals surface area (Å²) >= 11 is 0. The highest BCUT2D eigenvalue weighted by Crippen LogP contribution is 2.39. The number of methoxy groups -OCH3 is 3. The number of hydrogen-bond donors (Lipinski definition) is 1. The van der Waals surface area contributed by atoms with Crippen LogP contribution in [0.2, 0.25) is 0 Å². The molecule has 8 nitrogen and oxygen atoms in total. The predicted octanol–water partition coefficient (Wildman–Crippen LogP) is 4.77. The highest BCUT2D eigenvalue weighted by molar-refractivity contribution is 5.76. The number of aliphatic hydroxyl groups is 1. The molecule has 41 heavy (non-hydrogen) atoms. The van der Waals surface area contributed by atoms with Crippen LogP contribution in [0.4, 0.5) is 0 Å². The average Bonchev–Trinajstić information content (AvgIpc) is 2.97. The highest BCUT2D eigenvalue weighted by atomic mass is 16.5. The van der Waals surface area contributed by atoms with E-state index >= 15 is 0 Å². The van der Waals surface area contributed by atoms with Gasteiger partial charge in [-0.1, -0.05) is 44.2 Å². The van der Waals surface area contributed by atoms with Gasteiger partial charge in [0.1, 0.15) is 0 Å². The minimum atomic E-state index is -0.674. The van der Waals surface area contributed by atoms with Crippen LogP contribution >= 0.6 is 0 Å². The number of rotatable bonds is 7. The van der Waals surface area contributed by atoms with E-state index in [4.69, 9.17) is 18.9 Å². The molecule has 1 N–H and O–H groups in total. The molecule has 0 aromatic heterocycles. The Morgan fingerprint density at radius 3 is 2.29 bits per heavy atom. The van der Waals surface area contributed by atoms with E-state index in [0.717, 1.165) is 50.0 Å². The first-order chi connectivity index (χ1) is 19.7. The third-order valence-corrected chi connectivity index (χ3v) is 8.75. The van der Waals surface area contributed by atoms with E-state index in [9.17, 15) is 9.90 Å². The van der Waals surface area contributed by atoms with Crippen molar-refractivity contribution in [2.45, 2.75) is 58.7 Å². The van der Waals surface area contributed by atoms with Crippen molar-refractivity contribution < 1.29 is 28.8 Å². The molecular formula is C33H48N2O6. The van der Waals surface area contributed by atoms with E-state index in [1.54, 1.807) is 21.3 Å². The van der Waals surface area contributed by atoms with Crippen molar-refractivity contribution in [3.63, 3.8) is 0 Å². The van der Waals surface area contributed by atoms with Gasteiger partial charge in [-0.3, -0.25) is 9.69 Å². The second kappa shape index (κ2) is 14.4. The summed E-state index contributed by atoms with van der Waals surface area (Å²) in [6, 6.07) is 14.1. The maximum absolute atomic E-state index is 13.8. The second-order valence-corrected chi connectivity index (χ2v) is 12.2. The summed E-state index contributed by atoms with van der Waals surface area (Å²) in [4.78, 5) is 18.2. The molecule has 8 heteroatoms. The zero-order valence-electron chi connectivity index (χ0n) is 25.4. The van der Waals surface area contributed by atoms with Crippen LogP contribution in [-0.2, 0) is 22.6 Å². The monoisotopic (exact) mass is 568 g/mol. The number of nitrogens with zero attached hydrogens (tertiary/aromatic N) is 2. The Morgan fingerprint density at radius 2 is 1.63 bits per heavy atom. The minimum absolute atomic E-state index is 0.122. The number of hydrogen-bond acceptors (Lipinski definition) is 7. The molecule has 0 spiro atoms. The molecule has 4 rings (SSSR count). The average molecular weight is 569 g/mol. The van der Waals surface area contributed by atoms with Crippen molar-refractivity contribution in [2.75, 3.05) is 54.2 Å². The molecule has 0 saturated carbocycles. The standard InChI is InChI=1S/C33H48N2O6/c1-33(2)23-41-15-9-12-27-21-34(19-25-16-28(38-3)32(40-5)29(17-25)39-4)14-13-26(27)18-31(37)35(22-30(33)36)20-24-10-7-6-8-11-24/h6-8,10-11,16-17,26-27,30,36H,9,12-15,18-23H2,1-5H3/t26-,27-,30-/m0/s1. The number of carbonyl (C=O) groups is 1. The smallest absolute Gasteiger partial charge is 0.223 e. The zero-order chi connectivity index (χ0) is 29.4. The topological polar surface area (TPSA) is 80.7 Å². The first kappa shape index (κ1) is 31.1. The van der Waals surface area contributed by atoms with Crippen molar-refractivity contribution in [3.05, 3.63) is 53.6 Å². The number of likely N-dealkylation sites (tertiary alicyclic amines) is 1. The summed E-state index contributed by atoms with van der Waals surface area (Å²) in [5, 5.41) is 11.2. The molecule has 2 aromatic rings. The van der Waals surface area contributed by atoms with Crippen LogP contribution in [0.1, 0.15) is 50.7 Å². The van der Waals surface area contributed by atoms with Gasteiger partial charge in [0, 0.05) is 44.6 Å². The van der Waals surface area contributed by atoms with E-state index in [1.165, 1.54) is 0 Å². The van der Waals surface area contributed by atoms with Gasteiger partial charge in [0.15, 0.2) is 11.5 Å². The normalized spacial score (nSPS) is 24.4. The van der Waals surface area contributed by atoms with E-state index in [2.05, 4.69) is 4.90 Å². The van der Waals surface area contributed by atoms with Crippen LogP contribution in [0.3, 0.4) is 0 Å². The van der Waals surface area contributed by atoms with Crippen LogP contribution in [0, 0.1) is 17.3 Å². The number of benzene rings is 2. The molecule has 0 unspecified atom stereocenters. The minimum Gasteiger partial charge on any atom is -0.493 e. The molecule has 0 aliphatic carbocycles. The largest absolute Gasteiger partial charge is 0.493 e. The summed E-state index contributed by atoms with van der Waals surface area (Å²) in [6.45, 7) is 8.55. The van der Waals surface area contributed by atoms with Crippen LogP contribution in [-0.4, -0.2) is 81.1 Å². The van der Waals surface area contributed by atoms with Crippen molar-refractivity contribution in [2.24, 2.45) is 17.3 Å². The zero-order valence-corrected chi connectivity index (χ0v) is 25.4. The quantitative estimate of drug-likeness (QED) is 0.516. The molecule has 226 valence electrons. The predicted molar refractivity (Wildman–Crippen MR) is 159 cm³/mol. The van der Waals surface area contributed by atoms with E-state index in [1.807, 2.05) is 61.2 Å². The Labute approximate surface area is 245 Å². The van der Waals surface area contributed by atoms with Gasteiger partial charge in [-0.25, -0.2) is 0 Å². The third-order valence-electron chi connectivity index (χ3n) is 8.75. The molecule has 2 saturated heterocycles. The van der Waals surface area contributed by atoms with Crippen LogP contribution in [0.5, 0.6) is 17.2 Å². The fourth-order valence-electron chi connectivity index (χ4n) is 6.13. The summed E-state index contributed by atoms with van der Waals surface area (Å²) in [5.41, 5.74) is 1.73. The summed E-state index contributed by atoms with van der Waals surface area (Å²) in [7, 11) is 4.89. The molecule has 2 heterocycles. The van der Waals surface area contributed by atoms with Crippen molar-refractivity contribution >= 4 is 5.91 Å². The SMILES string of the molecule is COc1cc(CN2CC[C@H]3CC(=O)N(Cc4ccccc4)C[C@H](O)C(C)(C)COCCC[C@H]3C2)cc(OC)c1OC. The maximum Gasteiger partial charge on any atom is 0.223 e. The summed E-state index contributed by atoms with van der Waals surface area (Å²) in [6.07, 6.45) is 2.73. The number of ether oxygens (including phenoxy) is 4. The molecule has 2 aliphatic heterocycles. The number of aliphatic hydroxyl groups excluding tert-OH is 1. The molecular weight excluding hydrogens is 520 g/mol. The highest BCUT2D eigenvalue weighted by Gasteiger charge is 2.35. The van der Waals surface area contributed by atoms with Crippen LogP contribution in [0.25, 0.3) is 0 Å². The molecule has 1 amide bonds. The van der Waals surface area contributed by atoms with Gasteiger partial charge in [0.25, 0.3) is 0 Å². The molecule has 3 atom stereocenters.